The highest BCUT2D eigenvalue weighted by molar-refractivity contribution is 7.80. The molecule has 4 nitrogen and oxygen atoms in total. The van der Waals surface area contributed by atoms with Crippen LogP contribution in [0.5, 0.6) is 0 Å². The number of nitrogens with one attached hydrogen (secondary N) is 1. The first kappa shape index (κ1) is 22.6. The van der Waals surface area contributed by atoms with Crippen LogP contribution in [0.25, 0.3) is 5.69 Å². The van der Waals surface area contributed by atoms with Gasteiger partial charge in [0.1, 0.15) is 0 Å². The first-order valence-corrected chi connectivity index (χ1v) is 12.2. The standard InChI is InChI=1S/C28H27ClN4S/c1-17-9-7-11-22(15-17)33-27(26(31-28(33)34)24-13-5-6-14-30-24)25-18(2)19(3)32(20(25)4)23-12-8-10-21(29)16-23/h5-16,26-27H,1-4H3,(H,31,34). The van der Waals surface area contributed by atoms with Crippen LogP contribution in [0.4, 0.5) is 5.69 Å². The van der Waals surface area contributed by atoms with Crippen LogP contribution in [-0.4, -0.2) is 14.7 Å². The average molecular weight is 487 g/mol. The van der Waals surface area contributed by atoms with Gasteiger partial charge in [0, 0.05) is 39.5 Å². The zero-order valence-corrected chi connectivity index (χ0v) is 21.3. The molecule has 0 spiro atoms. The average Bonchev–Trinajstić information content (AvgIpc) is 3.27. The summed E-state index contributed by atoms with van der Waals surface area (Å²) in [6.07, 6.45) is 1.84. The number of thiocarbonyl (C=S) groups is 1. The minimum atomic E-state index is -0.0822. The first-order chi connectivity index (χ1) is 16.4. The number of anilines is 1. The number of hydrogen-bond donors (Lipinski definition) is 1. The van der Waals surface area contributed by atoms with Crippen LogP contribution in [0.15, 0.2) is 72.9 Å². The summed E-state index contributed by atoms with van der Waals surface area (Å²) in [6.45, 7) is 8.66. The molecule has 2 atom stereocenters. The van der Waals surface area contributed by atoms with Crippen molar-refractivity contribution in [2.24, 2.45) is 0 Å². The fourth-order valence-corrected chi connectivity index (χ4v) is 5.68. The summed E-state index contributed by atoms with van der Waals surface area (Å²) in [4.78, 5) is 6.95. The smallest absolute Gasteiger partial charge is 0.174 e. The van der Waals surface area contributed by atoms with Gasteiger partial charge in [-0.05, 0) is 93.5 Å². The largest absolute Gasteiger partial charge is 0.351 e. The van der Waals surface area contributed by atoms with Crippen LogP contribution in [0.1, 0.15) is 45.9 Å². The summed E-state index contributed by atoms with van der Waals surface area (Å²) in [5.74, 6) is 0. The molecule has 34 heavy (non-hydrogen) atoms. The van der Waals surface area contributed by atoms with Crippen LogP contribution < -0.4 is 10.2 Å². The Bertz CT molecular complexity index is 1380. The molecule has 2 aromatic carbocycles. The number of benzene rings is 2. The zero-order valence-electron chi connectivity index (χ0n) is 19.7. The molecule has 1 saturated heterocycles. The molecule has 6 heteroatoms. The number of aryl methyl sites for hydroxylation is 1. The van der Waals surface area contributed by atoms with E-state index in [1.807, 2.05) is 36.5 Å². The van der Waals surface area contributed by atoms with Gasteiger partial charge in [0.25, 0.3) is 0 Å². The molecule has 4 aromatic rings. The molecule has 1 fully saturated rings. The van der Waals surface area contributed by atoms with Gasteiger partial charge in [-0.3, -0.25) is 4.98 Å². The van der Waals surface area contributed by atoms with E-state index in [9.17, 15) is 0 Å². The number of aromatic nitrogens is 2. The number of rotatable bonds is 4. The third-order valence-electron chi connectivity index (χ3n) is 6.75. The second kappa shape index (κ2) is 8.90. The van der Waals surface area contributed by atoms with Crippen molar-refractivity contribution in [2.75, 3.05) is 4.90 Å². The molecule has 172 valence electrons. The minimum absolute atomic E-state index is 0.0525. The van der Waals surface area contributed by atoms with Crippen LogP contribution >= 0.6 is 23.8 Å². The Balaban J connectivity index is 1.74. The first-order valence-electron chi connectivity index (χ1n) is 11.4. The lowest BCUT2D eigenvalue weighted by Crippen LogP contribution is -2.29. The van der Waals surface area contributed by atoms with Crippen LogP contribution in [0.2, 0.25) is 5.02 Å². The van der Waals surface area contributed by atoms with E-state index < -0.39 is 0 Å². The number of hydrogen-bond acceptors (Lipinski definition) is 2. The van der Waals surface area contributed by atoms with E-state index in [2.05, 4.69) is 78.9 Å². The van der Waals surface area contributed by atoms with Gasteiger partial charge in [0.05, 0.1) is 17.8 Å². The highest BCUT2D eigenvalue weighted by Gasteiger charge is 2.43. The molecule has 1 aliphatic rings. The monoisotopic (exact) mass is 486 g/mol. The summed E-state index contributed by atoms with van der Waals surface area (Å²) in [7, 11) is 0. The molecular weight excluding hydrogens is 460 g/mol. The lowest BCUT2D eigenvalue weighted by Gasteiger charge is -2.29. The van der Waals surface area contributed by atoms with Gasteiger partial charge in [-0.15, -0.1) is 0 Å². The van der Waals surface area contributed by atoms with Crippen molar-refractivity contribution < 1.29 is 0 Å². The van der Waals surface area contributed by atoms with Gasteiger partial charge in [-0.25, -0.2) is 0 Å². The van der Waals surface area contributed by atoms with E-state index in [1.54, 1.807) is 0 Å². The third-order valence-corrected chi connectivity index (χ3v) is 7.30. The van der Waals surface area contributed by atoms with Crippen molar-refractivity contribution in [3.63, 3.8) is 0 Å². The van der Waals surface area contributed by atoms with Crippen molar-refractivity contribution in [2.45, 2.75) is 39.8 Å². The van der Waals surface area contributed by atoms with E-state index >= 15 is 0 Å². The molecule has 2 aromatic heterocycles. The molecule has 0 amide bonds. The Kier molecular flexibility index (Phi) is 5.92. The Hall–Kier alpha value is -3.15. The van der Waals surface area contributed by atoms with E-state index in [-0.39, 0.29) is 12.1 Å². The predicted octanol–water partition coefficient (Wildman–Crippen LogP) is 6.94. The second-order valence-corrected chi connectivity index (χ2v) is 9.68. The fraction of sp³-hybridized carbons (Fsp3) is 0.214. The highest BCUT2D eigenvalue weighted by atomic mass is 35.5. The number of pyridine rings is 1. The van der Waals surface area contributed by atoms with E-state index in [0.717, 1.165) is 22.1 Å². The molecule has 1 aliphatic heterocycles. The summed E-state index contributed by atoms with van der Waals surface area (Å²) in [5, 5.41) is 5.01. The van der Waals surface area contributed by atoms with E-state index in [1.165, 1.54) is 28.1 Å². The predicted molar refractivity (Wildman–Crippen MR) is 144 cm³/mol. The highest BCUT2D eigenvalue weighted by Crippen LogP contribution is 2.45. The summed E-state index contributed by atoms with van der Waals surface area (Å²) < 4.78 is 2.29. The van der Waals surface area contributed by atoms with Crippen molar-refractivity contribution >= 4 is 34.6 Å². The molecule has 1 N–H and O–H groups in total. The molecule has 0 aliphatic carbocycles. The Morgan fingerprint density at radius 1 is 0.882 bits per heavy atom. The Morgan fingerprint density at radius 3 is 2.35 bits per heavy atom. The fourth-order valence-electron chi connectivity index (χ4n) is 5.15. The third kappa shape index (κ3) is 3.79. The molecule has 3 heterocycles. The van der Waals surface area contributed by atoms with Gasteiger partial charge in [0.2, 0.25) is 0 Å². The summed E-state index contributed by atoms with van der Waals surface area (Å²) in [5.41, 5.74) is 9.16. The molecule has 0 saturated carbocycles. The summed E-state index contributed by atoms with van der Waals surface area (Å²) in [6, 6.07) is 22.4. The van der Waals surface area contributed by atoms with Gasteiger partial charge >= 0.3 is 0 Å². The topological polar surface area (TPSA) is 33.1 Å². The zero-order chi connectivity index (χ0) is 24.0. The van der Waals surface area contributed by atoms with Gasteiger partial charge in [-0.2, -0.15) is 0 Å². The van der Waals surface area contributed by atoms with Gasteiger partial charge in [-0.1, -0.05) is 35.9 Å². The van der Waals surface area contributed by atoms with Crippen LogP contribution in [-0.2, 0) is 0 Å². The second-order valence-electron chi connectivity index (χ2n) is 8.86. The number of nitrogens with zero attached hydrogens (tertiary/aromatic N) is 3. The van der Waals surface area contributed by atoms with Crippen molar-refractivity contribution in [1.29, 1.82) is 0 Å². The lowest BCUT2D eigenvalue weighted by atomic mass is 9.93. The Morgan fingerprint density at radius 2 is 1.65 bits per heavy atom. The van der Waals surface area contributed by atoms with Crippen molar-refractivity contribution in [3.05, 3.63) is 112 Å². The number of halogens is 1. The van der Waals surface area contributed by atoms with Crippen LogP contribution in [0, 0.1) is 27.7 Å². The van der Waals surface area contributed by atoms with Gasteiger partial charge in [0.15, 0.2) is 5.11 Å². The molecule has 5 rings (SSSR count). The lowest BCUT2D eigenvalue weighted by molar-refractivity contribution is 0.563. The molecule has 2 unspecified atom stereocenters. The van der Waals surface area contributed by atoms with E-state index in [4.69, 9.17) is 28.8 Å². The van der Waals surface area contributed by atoms with Crippen molar-refractivity contribution in [1.82, 2.24) is 14.9 Å². The van der Waals surface area contributed by atoms with Crippen LogP contribution in [0.3, 0.4) is 0 Å². The Labute approximate surface area is 211 Å². The van der Waals surface area contributed by atoms with Crippen molar-refractivity contribution in [3.8, 4) is 5.69 Å². The summed E-state index contributed by atoms with van der Waals surface area (Å²) >= 11 is 12.3. The molecule has 0 radical (unpaired) electrons. The minimum Gasteiger partial charge on any atom is -0.351 e. The molecule has 0 bridgehead atoms. The molecular formula is C28H27ClN4S. The quantitative estimate of drug-likeness (QED) is 0.317. The maximum absolute atomic E-state index is 6.36. The van der Waals surface area contributed by atoms with Gasteiger partial charge < -0.3 is 14.8 Å². The van der Waals surface area contributed by atoms with E-state index in [0.29, 0.717) is 5.11 Å². The SMILES string of the molecule is Cc1cccc(N2C(=S)NC(c3ccccn3)C2c2c(C)c(C)n(-c3cccc(Cl)c3)c2C)c1. The normalized spacial score (nSPS) is 17.8. The maximum atomic E-state index is 6.36. The maximum Gasteiger partial charge on any atom is 0.174 e.